The summed E-state index contributed by atoms with van der Waals surface area (Å²) in [5.74, 6) is -0.534. The molecule has 0 fully saturated rings. The molecule has 0 saturated heterocycles. The quantitative estimate of drug-likeness (QED) is 0.170. The molecule has 0 radical (unpaired) electrons. The van der Waals surface area contributed by atoms with Crippen molar-refractivity contribution in [3.63, 3.8) is 0 Å². The smallest absolute Gasteiger partial charge is 0.323 e. The van der Waals surface area contributed by atoms with Crippen LogP contribution in [-0.2, 0) is 14.3 Å². The number of amides is 1. The Bertz CT molecular complexity index is 407. The lowest BCUT2D eigenvalue weighted by molar-refractivity contribution is -0.150. The molecule has 1 amide bonds. The summed E-state index contributed by atoms with van der Waals surface area (Å²) in [5, 5.41) is 0. The molecule has 0 aromatic carbocycles. The van der Waals surface area contributed by atoms with E-state index in [2.05, 4.69) is 25.7 Å². The van der Waals surface area contributed by atoms with Crippen molar-refractivity contribution in [1.82, 2.24) is 4.90 Å². The summed E-state index contributed by atoms with van der Waals surface area (Å²) in [5.41, 5.74) is 5.35. The first kappa shape index (κ1) is 28.9. The zero-order chi connectivity index (χ0) is 22.5. The number of ether oxygens (including phenoxy) is 1. The Morgan fingerprint density at radius 1 is 0.733 bits per heavy atom. The Balaban J connectivity index is 4.25. The van der Waals surface area contributed by atoms with Crippen LogP contribution in [0.2, 0.25) is 0 Å². The molecule has 0 aromatic heterocycles. The zero-order valence-corrected chi connectivity index (χ0v) is 20.3. The van der Waals surface area contributed by atoms with Gasteiger partial charge in [-0.25, -0.2) is 0 Å². The number of nitrogens with two attached hydrogens (primary N) is 1. The number of rotatable bonds is 22. The Morgan fingerprint density at radius 2 is 1.20 bits per heavy atom. The Hall–Kier alpha value is -1.10. The van der Waals surface area contributed by atoms with E-state index in [0.29, 0.717) is 13.0 Å². The average Bonchev–Trinajstić information content (AvgIpc) is 2.73. The van der Waals surface area contributed by atoms with Crippen molar-refractivity contribution in [3.8, 4) is 0 Å². The molecule has 0 heterocycles. The fourth-order valence-electron chi connectivity index (χ4n) is 3.73. The number of carbonyl (C=O) groups is 2. The van der Waals surface area contributed by atoms with E-state index in [1.54, 1.807) is 0 Å². The summed E-state index contributed by atoms with van der Waals surface area (Å²) < 4.78 is 5.62. The first-order chi connectivity index (χ1) is 14.6. The molecule has 0 saturated carbocycles. The Kier molecular flexibility index (Phi) is 20.4. The van der Waals surface area contributed by atoms with Crippen molar-refractivity contribution in [2.45, 2.75) is 130 Å². The Morgan fingerprint density at radius 3 is 1.67 bits per heavy atom. The van der Waals surface area contributed by atoms with Gasteiger partial charge < -0.3 is 10.5 Å². The highest BCUT2D eigenvalue weighted by Gasteiger charge is 2.27. The fraction of sp³-hybridized carbons (Fsp3) is 0.920. The largest absolute Gasteiger partial charge is 0.465 e. The second-order valence-electron chi connectivity index (χ2n) is 8.61. The Labute approximate surface area is 186 Å². The zero-order valence-electron chi connectivity index (χ0n) is 20.3. The van der Waals surface area contributed by atoms with Crippen LogP contribution in [0.15, 0.2) is 0 Å². The number of primary amides is 1. The molecule has 0 unspecified atom stereocenters. The van der Waals surface area contributed by atoms with Crippen molar-refractivity contribution in [2.75, 3.05) is 19.7 Å². The molecule has 30 heavy (non-hydrogen) atoms. The van der Waals surface area contributed by atoms with Gasteiger partial charge in [0.15, 0.2) is 0 Å². The topological polar surface area (TPSA) is 72.6 Å². The first-order valence-corrected chi connectivity index (χ1v) is 12.8. The molecular weight excluding hydrogens is 376 g/mol. The van der Waals surface area contributed by atoms with Gasteiger partial charge in [0.2, 0.25) is 5.91 Å². The lowest BCUT2D eigenvalue weighted by Gasteiger charge is -2.30. The SMILES string of the molecule is CCCCCCCCCCCCOC(=O)[C@H](CCC(N)=O)N(CCCC)CCCC. The van der Waals surface area contributed by atoms with Gasteiger partial charge in [-0.05, 0) is 38.8 Å². The average molecular weight is 427 g/mol. The van der Waals surface area contributed by atoms with Crippen LogP contribution in [0.3, 0.4) is 0 Å². The van der Waals surface area contributed by atoms with E-state index in [0.717, 1.165) is 51.6 Å². The summed E-state index contributed by atoms with van der Waals surface area (Å²) in [6.45, 7) is 8.78. The highest BCUT2D eigenvalue weighted by atomic mass is 16.5. The summed E-state index contributed by atoms with van der Waals surface area (Å²) in [6, 6.07) is -0.348. The third-order valence-electron chi connectivity index (χ3n) is 5.72. The van der Waals surface area contributed by atoms with E-state index >= 15 is 0 Å². The first-order valence-electron chi connectivity index (χ1n) is 12.8. The fourth-order valence-corrected chi connectivity index (χ4v) is 3.73. The molecule has 2 N–H and O–H groups in total. The maximum Gasteiger partial charge on any atom is 0.323 e. The number of esters is 1. The van der Waals surface area contributed by atoms with E-state index in [1.807, 2.05) is 0 Å². The molecule has 0 bridgehead atoms. The molecular formula is C25H50N2O3. The van der Waals surface area contributed by atoms with Gasteiger partial charge in [0.25, 0.3) is 0 Å². The van der Waals surface area contributed by atoms with Gasteiger partial charge in [0, 0.05) is 6.42 Å². The lowest BCUT2D eigenvalue weighted by Crippen LogP contribution is -2.44. The molecule has 0 aliphatic rings. The third-order valence-corrected chi connectivity index (χ3v) is 5.72. The standard InChI is InChI=1S/C25H50N2O3/c1-4-7-10-11-12-13-14-15-16-17-22-30-25(29)23(18-19-24(26)28)27(20-8-5-2)21-9-6-3/h23H,4-22H2,1-3H3,(H2,26,28)/t23-/m0/s1. The van der Waals surface area contributed by atoms with Crippen molar-refractivity contribution < 1.29 is 14.3 Å². The van der Waals surface area contributed by atoms with Gasteiger partial charge in [0.05, 0.1) is 6.61 Å². The molecule has 5 nitrogen and oxygen atoms in total. The van der Waals surface area contributed by atoms with Gasteiger partial charge in [-0.1, -0.05) is 91.4 Å². The van der Waals surface area contributed by atoms with Gasteiger partial charge in [-0.3, -0.25) is 14.5 Å². The maximum absolute atomic E-state index is 12.8. The minimum atomic E-state index is -0.353. The van der Waals surface area contributed by atoms with Crippen LogP contribution in [0.25, 0.3) is 0 Å². The summed E-state index contributed by atoms with van der Waals surface area (Å²) in [6.07, 6.45) is 17.6. The number of hydrogen-bond donors (Lipinski definition) is 1. The number of nitrogens with zero attached hydrogens (tertiary/aromatic N) is 1. The minimum Gasteiger partial charge on any atom is -0.465 e. The number of carbonyl (C=O) groups excluding carboxylic acids is 2. The molecule has 0 spiro atoms. The highest BCUT2D eigenvalue weighted by molar-refractivity contribution is 5.78. The van der Waals surface area contributed by atoms with Crippen molar-refractivity contribution in [2.24, 2.45) is 5.73 Å². The van der Waals surface area contributed by atoms with E-state index < -0.39 is 0 Å². The van der Waals surface area contributed by atoms with Gasteiger partial charge in [-0.15, -0.1) is 0 Å². The normalized spacial score (nSPS) is 12.3. The molecule has 0 aliphatic heterocycles. The van der Waals surface area contributed by atoms with Gasteiger partial charge >= 0.3 is 5.97 Å². The summed E-state index contributed by atoms with van der Waals surface area (Å²) in [7, 11) is 0. The van der Waals surface area contributed by atoms with Gasteiger partial charge in [0.1, 0.15) is 6.04 Å². The van der Waals surface area contributed by atoms with Crippen molar-refractivity contribution in [1.29, 1.82) is 0 Å². The predicted octanol–water partition coefficient (Wildman–Crippen LogP) is 5.99. The lowest BCUT2D eigenvalue weighted by atomic mass is 10.1. The van der Waals surface area contributed by atoms with Gasteiger partial charge in [-0.2, -0.15) is 0 Å². The van der Waals surface area contributed by atoms with E-state index in [-0.39, 0.29) is 24.3 Å². The number of hydrogen-bond acceptors (Lipinski definition) is 4. The van der Waals surface area contributed by atoms with E-state index in [1.165, 1.54) is 51.4 Å². The summed E-state index contributed by atoms with van der Waals surface area (Å²) in [4.78, 5) is 26.3. The molecule has 1 atom stereocenters. The van der Waals surface area contributed by atoms with Crippen LogP contribution in [0.4, 0.5) is 0 Å². The van der Waals surface area contributed by atoms with Crippen LogP contribution >= 0.6 is 0 Å². The monoisotopic (exact) mass is 426 g/mol. The predicted molar refractivity (Wildman–Crippen MR) is 126 cm³/mol. The minimum absolute atomic E-state index is 0.181. The third kappa shape index (κ3) is 16.7. The molecule has 178 valence electrons. The molecule has 0 rings (SSSR count). The second kappa shape index (κ2) is 21.1. The molecule has 5 heteroatoms. The van der Waals surface area contributed by atoms with E-state index in [9.17, 15) is 9.59 Å². The van der Waals surface area contributed by atoms with Crippen LogP contribution < -0.4 is 5.73 Å². The van der Waals surface area contributed by atoms with E-state index in [4.69, 9.17) is 10.5 Å². The highest BCUT2D eigenvalue weighted by Crippen LogP contribution is 2.14. The van der Waals surface area contributed by atoms with Crippen molar-refractivity contribution in [3.05, 3.63) is 0 Å². The van der Waals surface area contributed by atoms with Crippen LogP contribution in [0.5, 0.6) is 0 Å². The second-order valence-corrected chi connectivity index (χ2v) is 8.61. The van der Waals surface area contributed by atoms with Crippen LogP contribution in [0.1, 0.15) is 124 Å². The number of unbranched alkanes of at least 4 members (excludes halogenated alkanes) is 11. The van der Waals surface area contributed by atoms with Crippen molar-refractivity contribution >= 4 is 11.9 Å². The maximum atomic E-state index is 12.8. The van der Waals surface area contributed by atoms with Crippen LogP contribution in [0, 0.1) is 0 Å². The summed E-state index contributed by atoms with van der Waals surface area (Å²) >= 11 is 0. The molecule has 0 aliphatic carbocycles. The van der Waals surface area contributed by atoms with Crippen LogP contribution in [-0.4, -0.2) is 42.5 Å². The molecule has 0 aromatic rings.